The van der Waals surface area contributed by atoms with Gasteiger partial charge in [0.05, 0.1) is 17.2 Å². The second-order valence-electron chi connectivity index (χ2n) is 6.93. The van der Waals surface area contributed by atoms with E-state index in [1.165, 1.54) is 27.1 Å². The van der Waals surface area contributed by atoms with Crippen LogP contribution in [-0.2, 0) is 27.5 Å². The summed E-state index contributed by atoms with van der Waals surface area (Å²) in [7, 11) is 2.74. The first-order valence-electron chi connectivity index (χ1n) is 9.62. The molecule has 0 unspecified atom stereocenters. The van der Waals surface area contributed by atoms with Gasteiger partial charge in [0.2, 0.25) is 0 Å². The second kappa shape index (κ2) is 11.1. The van der Waals surface area contributed by atoms with Crippen LogP contribution in [0.2, 0.25) is 5.02 Å². The Balaban J connectivity index is 2.38. The average Bonchev–Trinajstić information content (AvgIpc) is 2.75. The van der Waals surface area contributed by atoms with E-state index in [0.717, 1.165) is 11.6 Å². The zero-order valence-electron chi connectivity index (χ0n) is 18.3. The molecule has 11 heteroatoms. The van der Waals surface area contributed by atoms with E-state index < -0.39 is 34.9 Å². The fourth-order valence-corrected chi connectivity index (χ4v) is 3.32. The molecule has 0 bridgehead atoms. The van der Waals surface area contributed by atoms with Gasteiger partial charge in [-0.25, -0.2) is 4.39 Å². The van der Waals surface area contributed by atoms with Gasteiger partial charge in [-0.2, -0.15) is 13.2 Å². The minimum absolute atomic E-state index is 0.00993. The highest BCUT2D eigenvalue weighted by Gasteiger charge is 2.31. The number of oxime groups is 2. The van der Waals surface area contributed by atoms with Crippen LogP contribution in [0.5, 0.6) is 0 Å². The third-order valence-corrected chi connectivity index (χ3v) is 5.07. The van der Waals surface area contributed by atoms with Crippen molar-refractivity contribution in [3.8, 4) is 0 Å². The number of likely N-dealkylation sites (N-methyl/N-ethyl adjacent to an activating group) is 1. The Labute approximate surface area is 193 Å². The molecule has 2 rings (SSSR count). The summed E-state index contributed by atoms with van der Waals surface area (Å²) in [5.74, 6) is -1.45. The van der Waals surface area contributed by atoms with Crippen LogP contribution in [0.4, 0.5) is 17.6 Å². The summed E-state index contributed by atoms with van der Waals surface area (Å²) >= 11 is 5.79. The highest BCUT2D eigenvalue weighted by Crippen LogP contribution is 2.31. The Morgan fingerprint density at radius 3 is 2.42 bits per heavy atom. The van der Waals surface area contributed by atoms with Crippen molar-refractivity contribution < 1.29 is 32.0 Å². The minimum Gasteiger partial charge on any atom is -0.398 e. The molecule has 0 aromatic heterocycles. The maximum Gasteiger partial charge on any atom is 0.393 e. The maximum absolute atomic E-state index is 13.8. The zero-order valence-corrected chi connectivity index (χ0v) is 19.1. The quantitative estimate of drug-likeness (QED) is 0.326. The van der Waals surface area contributed by atoms with Crippen LogP contribution >= 0.6 is 11.6 Å². The number of hydrogen-bond acceptors (Lipinski definition) is 5. The Morgan fingerprint density at radius 1 is 1.12 bits per heavy atom. The van der Waals surface area contributed by atoms with Crippen molar-refractivity contribution in [2.75, 3.05) is 14.2 Å². The summed E-state index contributed by atoms with van der Waals surface area (Å²) in [6, 6.07) is 7.29. The molecule has 0 aliphatic carbocycles. The van der Waals surface area contributed by atoms with Crippen LogP contribution in [0.3, 0.4) is 0 Å². The lowest BCUT2D eigenvalue weighted by Crippen LogP contribution is -2.29. The normalized spacial score (nSPS) is 12.5. The summed E-state index contributed by atoms with van der Waals surface area (Å²) in [5, 5.41) is 9.53. The molecule has 2 aromatic carbocycles. The molecule has 0 radical (unpaired) electrons. The molecule has 33 heavy (non-hydrogen) atoms. The van der Waals surface area contributed by atoms with E-state index in [9.17, 15) is 22.4 Å². The largest absolute Gasteiger partial charge is 0.398 e. The summed E-state index contributed by atoms with van der Waals surface area (Å²) in [6.07, 6.45) is -6.02. The number of halogens is 5. The third-order valence-electron chi connectivity index (χ3n) is 4.66. The molecular formula is C22H22ClF4N3O3. The number of carbonyl (C=O) groups is 1. The van der Waals surface area contributed by atoms with Gasteiger partial charge >= 0.3 is 6.18 Å². The number of rotatable bonds is 8. The van der Waals surface area contributed by atoms with Crippen molar-refractivity contribution >= 4 is 28.9 Å². The van der Waals surface area contributed by atoms with Crippen LogP contribution in [0, 0.1) is 12.7 Å². The molecule has 2 aromatic rings. The lowest BCUT2D eigenvalue weighted by atomic mass is 9.98. The molecule has 6 nitrogen and oxygen atoms in total. The number of nitrogens with zero attached hydrogens (tertiary/aromatic N) is 2. The minimum atomic E-state index is -4.60. The van der Waals surface area contributed by atoms with Gasteiger partial charge in [0.1, 0.15) is 19.5 Å². The predicted molar refractivity (Wildman–Crippen MR) is 117 cm³/mol. The molecule has 1 amide bonds. The fourth-order valence-electron chi connectivity index (χ4n) is 3.09. The van der Waals surface area contributed by atoms with Crippen LogP contribution < -0.4 is 5.32 Å². The van der Waals surface area contributed by atoms with E-state index in [1.54, 1.807) is 25.1 Å². The summed E-state index contributed by atoms with van der Waals surface area (Å²) < 4.78 is 52.7. The summed E-state index contributed by atoms with van der Waals surface area (Å²) in [6.45, 7) is 3.08. The van der Waals surface area contributed by atoms with E-state index in [-0.39, 0.29) is 23.6 Å². The van der Waals surface area contributed by atoms with Crippen molar-refractivity contribution in [3.05, 3.63) is 69.0 Å². The van der Waals surface area contributed by atoms with Crippen molar-refractivity contribution in [2.24, 2.45) is 10.3 Å². The fraction of sp³-hybridized carbons (Fsp3) is 0.318. The number of benzene rings is 2. The van der Waals surface area contributed by atoms with Crippen molar-refractivity contribution in [3.63, 3.8) is 0 Å². The highest BCUT2D eigenvalue weighted by molar-refractivity contribution is 6.45. The van der Waals surface area contributed by atoms with E-state index >= 15 is 0 Å². The van der Waals surface area contributed by atoms with Crippen LogP contribution in [0.25, 0.3) is 0 Å². The van der Waals surface area contributed by atoms with Gasteiger partial charge in [0, 0.05) is 23.7 Å². The Hall–Kier alpha value is -3.14. The first-order chi connectivity index (χ1) is 15.5. The SMILES string of the molecule is CNC(=O)/C(=N/OC)c1cccc(C)c1CO/N=C(\C)c1ccc(F)c(Cl)c1CC(F)(F)F. The Morgan fingerprint density at radius 2 is 1.82 bits per heavy atom. The molecule has 1 N–H and O–H groups in total. The van der Waals surface area contributed by atoms with Crippen LogP contribution in [-0.4, -0.2) is 37.7 Å². The van der Waals surface area contributed by atoms with Gasteiger partial charge in [0.15, 0.2) is 5.71 Å². The number of alkyl halides is 3. The van der Waals surface area contributed by atoms with Crippen molar-refractivity contribution in [2.45, 2.75) is 33.1 Å². The maximum atomic E-state index is 13.8. The molecular weight excluding hydrogens is 466 g/mol. The Kier molecular flexibility index (Phi) is 8.81. The number of amides is 1. The monoisotopic (exact) mass is 487 g/mol. The van der Waals surface area contributed by atoms with Gasteiger partial charge in [-0.3, -0.25) is 4.79 Å². The molecule has 178 valence electrons. The first kappa shape index (κ1) is 26.1. The number of aryl methyl sites for hydroxylation is 1. The van der Waals surface area contributed by atoms with E-state index in [4.69, 9.17) is 21.3 Å². The second-order valence-corrected chi connectivity index (χ2v) is 7.31. The van der Waals surface area contributed by atoms with Crippen molar-refractivity contribution in [1.29, 1.82) is 0 Å². The topological polar surface area (TPSA) is 72.3 Å². The standard InChI is InChI=1S/C22H22ClF4N3O3/c1-12-6-5-7-15(20(30-32-4)21(31)28-3)17(12)11-33-29-13(2)14-8-9-18(24)19(23)16(14)10-22(25,26)27/h5-9H,10-11H2,1-4H3,(H,28,31)/b29-13+,30-20+. The molecule has 0 atom stereocenters. The molecule has 0 aliphatic rings. The zero-order chi connectivity index (χ0) is 24.8. The smallest absolute Gasteiger partial charge is 0.393 e. The summed E-state index contributed by atoms with van der Waals surface area (Å²) in [5.41, 5.74) is 1.43. The molecule has 0 spiro atoms. The Bertz CT molecular complexity index is 1090. The molecule has 0 heterocycles. The van der Waals surface area contributed by atoms with E-state index in [2.05, 4.69) is 15.6 Å². The van der Waals surface area contributed by atoms with Gasteiger partial charge in [-0.15, -0.1) is 0 Å². The van der Waals surface area contributed by atoms with Gasteiger partial charge in [-0.05, 0) is 37.1 Å². The molecule has 0 saturated carbocycles. The summed E-state index contributed by atoms with van der Waals surface area (Å²) in [4.78, 5) is 22.4. The number of hydrogen-bond donors (Lipinski definition) is 1. The van der Waals surface area contributed by atoms with Crippen molar-refractivity contribution in [1.82, 2.24) is 5.32 Å². The lowest BCUT2D eigenvalue weighted by Gasteiger charge is -2.15. The third kappa shape index (κ3) is 6.67. The molecule has 0 aliphatic heterocycles. The van der Waals surface area contributed by atoms with Gasteiger partial charge < -0.3 is 15.0 Å². The van der Waals surface area contributed by atoms with E-state index in [1.807, 2.05) is 0 Å². The molecule has 0 saturated heterocycles. The average molecular weight is 488 g/mol. The van der Waals surface area contributed by atoms with Gasteiger partial charge in [-0.1, -0.05) is 40.1 Å². The lowest BCUT2D eigenvalue weighted by molar-refractivity contribution is -0.127. The van der Waals surface area contributed by atoms with Crippen LogP contribution in [0.1, 0.15) is 34.7 Å². The number of carbonyl (C=O) groups excluding carboxylic acids is 1. The predicted octanol–water partition coefficient (Wildman–Crippen LogP) is 4.93. The highest BCUT2D eigenvalue weighted by atomic mass is 35.5. The van der Waals surface area contributed by atoms with E-state index in [0.29, 0.717) is 11.1 Å². The first-order valence-corrected chi connectivity index (χ1v) is 10.0. The molecule has 0 fully saturated rings. The van der Waals surface area contributed by atoms with Crippen LogP contribution in [0.15, 0.2) is 40.6 Å². The van der Waals surface area contributed by atoms with Gasteiger partial charge in [0.25, 0.3) is 5.91 Å². The number of nitrogens with one attached hydrogen (secondary N) is 1.